The third-order valence-electron chi connectivity index (χ3n) is 3.58. The fourth-order valence-electron chi connectivity index (χ4n) is 2.34. The van der Waals surface area contributed by atoms with Gasteiger partial charge in [-0.2, -0.15) is 0 Å². The molecule has 0 aliphatic rings. The van der Waals surface area contributed by atoms with Crippen molar-refractivity contribution in [3.63, 3.8) is 0 Å². The number of rotatable bonds is 4. The lowest BCUT2D eigenvalue weighted by Gasteiger charge is -2.08. The summed E-state index contributed by atoms with van der Waals surface area (Å²) in [6.45, 7) is 4.17. The van der Waals surface area contributed by atoms with Gasteiger partial charge in [0, 0.05) is 16.6 Å². The first kappa shape index (κ1) is 14.7. The quantitative estimate of drug-likeness (QED) is 0.840. The molecular formula is C16H16N2O3. The zero-order chi connectivity index (χ0) is 15.6. The van der Waals surface area contributed by atoms with Crippen molar-refractivity contribution in [3.8, 4) is 12.3 Å². The highest BCUT2D eigenvalue weighted by Crippen LogP contribution is 2.26. The van der Waals surface area contributed by atoms with Crippen molar-refractivity contribution < 1.29 is 14.7 Å². The number of hydrogen-bond donors (Lipinski definition) is 2. The van der Waals surface area contributed by atoms with E-state index < -0.39 is 5.97 Å². The number of benzene rings is 1. The number of carbonyl (C=O) groups excluding carboxylic acids is 1. The number of hydrogen-bond acceptors (Lipinski definition) is 2. The second-order valence-corrected chi connectivity index (χ2v) is 4.81. The SMILES string of the molecule is C#CCNC(=O)Cn1c(C)c(C)c2cc(C(=O)O)ccc21. The van der Waals surface area contributed by atoms with Crippen LogP contribution in [0.1, 0.15) is 21.6 Å². The molecule has 2 N–H and O–H groups in total. The number of carboxylic acids is 1. The van der Waals surface area contributed by atoms with Gasteiger partial charge in [0.05, 0.1) is 12.1 Å². The molecule has 1 heterocycles. The number of aromatic carboxylic acids is 1. The Kier molecular flexibility index (Phi) is 3.99. The summed E-state index contributed by atoms with van der Waals surface area (Å²) in [5.41, 5.74) is 2.98. The van der Waals surface area contributed by atoms with Crippen molar-refractivity contribution in [2.24, 2.45) is 0 Å². The van der Waals surface area contributed by atoms with Crippen molar-refractivity contribution >= 4 is 22.8 Å². The zero-order valence-corrected chi connectivity index (χ0v) is 11.9. The van der Waals surface area contributed by atoms with Gasteiger partial charge in [0.25, 0.3) is 0 Å². The van der Waals surface area contributed by atoms with Crippen molar-refractivity contribution in [2.45, 2.75) is 20.4 Å². The summed E-state index contributed by atoms with van der Waals surface area (Å²) in [6, 6.07) is 4.91. The minimum absolute atomic E-state index is 0.157. The van der Waals surface area contributed by atoms with Gasteiger partial charge in [-0.15, -0.1) is 6.42 Å². The number of nitrogens with one attached hydrogen (secondary N) is 1. The molecule has 0 aliphatic heterocycles. The second-order valence-electron chi connectivity index (χ2n) is 4.81. The van der Waals surface area contributed by atoms with Gasteiger partial charge >= 0.3 is 5.97 Å². The van der Waals surface area contributed by atoms with E-state index in [1.54, 1.807) is 18.2 Å². The minimum Gasteiger partial charge on any atom is -0.478 e. The van der Waals surface area contributed by atoms with Crippen molar-refractivity contribution in [3.05, 3.63) is 35.0 Å². The van der Waals surface area contributed by atoms with Crippen molar-refractivity contribution in [1.29, 1.82) is 0 Å². The molecule has 0 radical (unpaired) electrons. The summed E-state index contributed by atoms with van der Waals surface area (Å²) in [5, 5.41) is 12.5. The second kappa shape index (κ2) is 5.71. The van der Waals surface area contributed by atoms with Crippen LogP contribution in [0.2, 0.25) is 0 Å². The molecule has 2 rings (SSSR count). The van der Waals surface area contributed by atoms with E-state index in [0.29, 0.717) is 0 Å². The van der Waals surface area contributed by atoms with Crippen LogP contribution in [0.5, 0.6) is 0 Å². The Morgan fingerprint density at radius 2 is 2.10 bits per heavy atom. The highest BCUT2D eigenvalue weighted by molar-refractivity contribution is 5.95. The van der Waals surface area contributed by atoms with Crippen LogP contribution in [0.3, 0.4) is 0 Å². The number of carboxylic acid groups (broad SMARTS) is 1. The molecule has 21 heavy (non-hydrogen) atoms. The van der Waals surface area contributed by atoms with E-state index in [0.717, 1.165) is 22.2 Å². The van der Waals surface area contributed by atoms with Gasteiger partial charge in [0.1, 0.15) is 6.54 Å². The Labute approximate surface area is 122 Å². The largest absolute Gasteiger partial charge is 0.478 e. The monoisotopic (exact) mass is 284 g/mol. The fraction of sp³-hybridized carbons (Fsp3) is 0.250. The summed E-state index contributed by atoms with van der Waals surface area (Å²) >= 11 is 0. The van der Waals surface area contributed by atoms with Gasteiger partial charge < -0.3 is 15.0 Å². The van der Waals surface area contributed by atoms with E-state index in [1.807, 2.05) is 18.4 Å². The summed E-state index contributed by atoms with van der Waals surface area (Å²) in [6.07, 6.45) is 5.11. The third-order valence-corrected chi connectivity index (χ3v) is 3.58. The maximum Gasteiger partial charge on any atom is 0.335 e. The first-order valence-electron chi connectivity index (χ1n) is 6.48. The summed E-state index contributed by atoms with van der Waals surface area (Å²) in [4.78, 5) is 22.9. The number of nitrogens with zero attached hydrogens (tertiary/aromatic N) is 1. The molecule has 5 nitrogen and oxygen atoms in total. The molecule has 0 fully saturated rings. The Morgan fingerprint density at radius 3 is 2.71 bits per heavy atom. The van der Waals surface area contributed by atoms with Gasteiger partial charge in [-0.25, -0.2) is 4.79 Å². The molecule has 0 aliphatic carbocycles. The standard InChI is InChI=1S/C16H16N2O3/c1-4-7-17-15(19)9-18-11(3)10(2)13-8-12(16(20)21)5-6-14(13)18/h1,5-6,8H,7,9H2,2-3H3,(H,17,19)(H,20,21). The van der Waals surface area contributed by atoms with Gasteiger partial charge in [0.2, 0.25) is 5.91 Å². The Bertz CT molecular complexity index is 766. The number of carbonyl (C=O) groups is 2. The molecule has 108 valence electrons. The first-order chi connectivity index (χ1) is 9.95. The van der Waals surface area contributed by atoms with Crippen LogP contribution in [0.25, 0.3) is 10.9 Å². The fourth-order valence-corrected chi connectivity index (χ4v) is 2.34. The number of aromatic nitrogens is 1. The van der Waals surface area contributed by atoms with Crippen LogP contribution in [0, 0.1) is 26.2 Å². The average Bonchev–Trinajstić information content (AvgIpc) is 2.70. The minimum atomic E-state index is -0.964. The topological polar surface area (TPSA) is 71.3 Å². The predicted octanol–water partition coefficient (Wildman–Crippen LogP) is 1.71. The Morgan fingerprint density at radius 1 is 1.38 bits per heavy atom. The number of aryl methyl sites for hydroxylation is 1. The number of amides is 1. The van der Waals surface area contributed by atoms with E-state index >= 15 is 0 Å². The van der Waals surface area contributed by atoms with E-state index in [4.69, 9.17) is 11.5 Å². The maximum atomic E-state index is 11.8. The zero-order valence-electron chi connectivity index (χ0n) is 11.9. The van der Waals surface area contributed by atoms with E-state index in [1.165, 1.54) is 0 Å². The summed E-state index contributed by atoms with van der Waals surface area (Å²) in [5.74, 6) is 1.22. The van der Waals surface area contributed by atoms with Gasteiger partial charge in [-0.05, 0) is 37.6 Å². The van der Waals surface area contributed by atoms with E-state index in [9.17, 15) is 9.59 Å². The molecule has 0 unspecified atom stereocenters. The molecule has 2 aromatic rings. The lowest BCUT2D eigenvalue weighted by molar-refractivity contribution is -0.121. The molecule has 0 saturated heterocycles. The molecule has 5 heteroatoms. The van der Waals surface area contributed by atoms with Gasteiger partial charge in [0.15, 0.2) is 0 Å². The molecule has 1 amide bonds. The number of fused-ring (bicyclic) bond motifs is 1. The lowest BCUT2D eigenvalue weighted by Crippen LogP contribution is -2.28. The lowest BCUT2D eigenvalue weighted by atomic mass is 10.1. The highest BCUT2D eigenvalue weighted by atomic mass is 16.4. The summed E-state index contributed by atoms with van der Waals surface area (Å²) < 4.78 is 1.86. The predicted molar refractivity (Wildman–Crippen MR) is 80.2 cm³/mol. The molecule has 0 atom stereocenters. The van der Waals surface area contributed by atoms with Crippen LogP contribution >= 0.6 is 0 Å². The van der Waals surface area contributed by atoms with Crippen LogP contribution < -0.4 is 5.32 Å². The van der Waals surface area contributed by atoms with Crippen molar-refractivity contribution in [1.82, 2.24) is 9.88 Å². The number of terminal acetylenes is 1. The molecule has 1 aromatic carbocycles. The van der Waals surface area contributed by atoms with Crippen molar-refractivity contribution in [2.75, 3.05) is 6.54 Å². The molecular weight excluding hydrogens is 268 g/mol. The molecule has 0 bridgehead atoms. The smallest absolute Gasteiger partial charge is 0.335 e. The Balaban J connectivity index is 2.45. The molecule has 0 spiro atoms. The van der Waals surface area contributed by atoms with Crippen LogP contribution in [-0.4, -0.2) is 28.1 Å². The molecule has 1 aromatic heterocycles. The average molecular weight is 284 g/mol. The summed E-state index contributed by atoms with van der Waals surface area (Å²) in [7, 11) is 0. The van der Waals surface area contributed by atoms with Gasteiger partial charge in [-0.3, -0.25) is 4.79 Å². The molecule has 0 saturated carbocycles. The Hall–Kier alpha value is -2.74. The van der Waals surface area contributed by atoms with Crippen LogP contribution in [0.4, 0.5) is 0 Å². The van der Waals surface area contributed by atoms with Crippen LogP contribution in [0.15, 0.2) is 18.2 Å². The first-order valence-corrected chi connectivity index (χ1v) is 6.48. The van der Waals surface area contributed by atoms with E-state index in [2.05, 4.69) is 11.2 Å². The third kappa shape index (κ3) is 2.75. The van der Waals surface area contributed by atoms with E-state index in [-0.39, 0.29) is 24.6 Å². The highest BCUT2D eigenvalue weighted by Gasteiger charge is 2.15. The maximum absolute atomic E-state index is 11.8. The normalized spacial score (nSPS) is 10.3. The van der Waals surface area contributed by atoms with Crippen LogP contribution in [-0.2, 0) is 11.3 Å². The van der Waals surface area contributed by atoms with Gasteiger partial charge in [-0.1, -0.05) is 5.92 Å².